The molecule has 10 heteroatoms. The van der Waals surface area contributed by atoms with Crippen molar-refractivity contribution in [1.29, 1.82) is 0 Å². The number of aliphatic hydroxyl groups is 2. The summed E-state index contributed by atoms with van der Waals surface area (Å²) >= 11 is 0. The lowest BCUT2D eigenvalue weighted by Crippen LogP contribution is -2.64. The Morgan fingerprint density at radius 3 is 2.37 bits per heavy atom. The van der Waals surface area contributed by atoms with E-state index in [4.69, 9.17) is 0 Å². The van der Waals surface area contributed by atoms with Crippen molar-refractivity contribution in [2.24, 2.45) is 0 Å². The summed E-state index contributed by atoms with van der Waals surface area (Å²) in [5, 5.41) is 27.7. The summed E-state index contributed by atoms with van der Waals surface area (Å²) in [5.74, 6) is -1.62. The Balaban J connectivity index is 1.77. The number of fused-ring (bicyclic) bond motifs is 1. The van der Waals surface area contributed by atoms with Crippen LogP contribution in [0.1, 0.15) is 71.3 Å². The van der Waals surface area contributed by atoms with Crippen LogP contribution >= 0.6 is 0 Å². The molecule has 0 aliphatic carbocycles. The minimum absolute atomic E-state index is 0.270. The first-order chi connectivity index (χ1) is 18.0. The first-order valence-corrected chi connectivity index (χ1v) is 13.6. The number of benzene rings is 1. The highest BCUT2D eigenvalue weighted by Crippen LogP contribution is 2.21. The number of carbonyl (C=O) groups is 4. The number of nitrogens with one attached hydrogen (secondary N) is 3. The molecule has 4 amide bonds. The van der Waals surface area contributed by atoms with Crippen molar-refractivity contribution >= 4 is 23.6 Å². The van der Waals surface area contributed by atoms with Crippen molar-refractivity contribution in [2.75, 3.05) is 6.54 Å². The van der Waals surface area contributed by atoms with Gasteiger partial charge in [-0.05, 0) is 52.0 Å². The van der Waals surface area contributed by atoms with Crippen LogP contribution in [0.4, 0.5) is 0 Å². The molecule has 1 aromatic carbocycles. The maximum Gasteiger partial charge on any atom is 0.246 e. The number of amides is 4. The molecule has 0 unspecified atom stereocenters. The normalized spacial score (nSPS) is 25.8. The Morgan fingerprint density at radius 1 is 0.974 bits per heavy atom. The average Bonchev–Trinajstić information content (AvgIpc) is 3.36. The molecule has 0 aromatic heterocycles. The van der Waals surface area contributed by atoms with Crippen LogP contribution in [0, 0.1) is 0 Å². The summed E-state index contributed by atoms with van der Waals surface area (Å²) in [6, 6.07) is 6.92. The largest absolute Gasteiger partial charge is 0.391 e. The monoisotopic (exact) mass is 530 g/mol. The van der Waals surface area contributed by atoms with Crippen molar-refractivity contribution in [1.82, 2.24) is 20.9 Å². The van der Waals surface area contributed by atoms with E-state index in [-0.39, 0.29) is 18.2 Å². The van der Waals surface area contributed by atoms with Gasteiger partial charge in [0, 0.05) is 13.0 Å². The molecule has 2 aliphatic rings. The van der Waals surface area contributed by atoms with Gasteiger partial charge in [0.25, 0.3) is 0 Å². The van der Waals surface area contributed by atoms with Crippen molar-refractivity contribution < 1.29 is 29.4 Å². The average molecular weight is 531 g/mol. The molecule has 0 radical (unpaired) electrons. The Kier molecular flexibility index (Phi) is 10.3. The Morgan fingerprint density at radius 2 is 1.68 bits per heavy atom. The quantitative estimate of drug-likeness (QED) is 0.298. The zero-order valence-electron chi connectivity index (χ0n) is 22.6. The SMILES string of the molecule is C[C@@H](O)[C@H](O)CCCCC[C@@H]1NC(=O)[C@H]2CCCN2C(=O)[C@H](Cc2ccccc2)NC(=O)C(C)(C)NC1=O. The van der Waals surface area contributed by atoms with Gasteiger partial charge in [0.2, 0.25) is 23.6 Å². The maximum atomic E-state index is 13.6. The molecule has 0 bridgehead atoms. The van der Waals surface area contributed by atoms with Crippen LogP contribution in [0.2, 0.25) is 0 Å². The van der Waals surface area contributed by atoms with E-state index in [1.165, 1.54) is 11.8 Å². The molecule has 3 rings (SSSR count). The van der Waals surface area contributed by atoms with Gasteiger partial charge < -0.3 is 31.1 Å². The van der Waals surface area contributed by atoms with Crippen molar-refractivity contribution in [3.05, 3.63) is 35.9 Å². The summed E-state index contributed by atoms with van der Waals surface area (Å²) in [4.78, 5) is 55.1. The second-order valence-corrected chi connectivity index (χ2v) is 11.0. The lowest BCUT2D eigenvalue weighted by molar-refractivity contribution is -0.144. The number of hydrogen-bond donors (Lipinski definition) is 5. The summed E-state index contributed by atoms with van der Waals surface area (Å²) in [7, 11) is 0. The molecule has 2 heterocycles. The summed E-state index contributed by atoms with van der Waals surface area (Å²) in [6.07, 6.45) is 2.56. The highest BCUT2D eigenvalue weighted by molar-refractivity contribution is 5.99. The standard InChI is InChI=1S/C28H42N4O6/c1-18(33)23(34)15-9-5-8-13-20-24(35)31-28(2,3)27(38)30-21(17-19-11-6-4-7-12-19)26(37)32-16-10-14-22(32)25(36)29-20/h4,6-7,11-12,18,20-23,33-34H,5,8-10,13-17H2,1-3H3,(H,29,36)(H,30,38)(H,31,35)/t18-,20+,21+,22-,23-/m1/s1. The summed E-state index contributed by atoms with van der Waals surface area (Å²) in [5.41, 5.74) is -0.443. The smallest absolute Gasteiger partial charge is 0.246 e. The third-order valence-corrected chi connectivity index (χ3v) is 7.41. The molecule has 38 heavy (non-hydrogen) atoms. The predicted molar refractivity (Wildman–Crippen MR) is 142 cm³/mol. The van der Waals surface area contributed by atoms with Crippen LogP contribution in [0.3, 0.4) is 0 Å². The number of nitrogens with zero attached hydrogens (tertiary/aromatic N) is 1. The van der Waals surface area contributed by atoms with E-state index in [2.05, 4.69) is 16.0 Å². The third-order valence-electron chi connectivity index (χ3n) is 7.41. The van der Waals surface area contributed by atoms with Gasteiger partial charge >= 0.3 is 0 Å². The van der Waals surface area contributed by atoms with Crippen LogP contribution in [0.15, 0.2) is 30.3 Å². The van der Waals surface area contributed by atoms with E-state index in [1.54, 1.807) is 13.8 Å². The second kappa shape index (κ2) is 13.2. The van der Waals surface area contributed by atoms with Crippen molar-refractivity contribution in [3.63, 3.8) is 0 Å². The molecule has 2 fully saturated rings. The van der Waals surface area contributed by atoms with Gasteiger partial charge in [0.15, 0.2) is 0 Å². The topological polar surface area (TPSA) is 148 Å². The summed E-state index contributed by atoms with van der Waals surface area (Å²) in [6.45, 7) is 5.09. The van der Waals surface area contributed by atoms with Crippen molar-refractivity contribution in [2.45, 2.75) is 108 Å². The molecule has 0 saturated carbocycles. The number of carbonyl (C=O) groups excluding carboxylic acids is 4. The highest BCUT2D eigenvalue weighted by Gasteiger charge is 2.42. The van der Waals surface area contributed by atoms with Gasteiger partial charge in [-0.3, -0.25) is 19.2 Å². The molecule has 2 aliphatic heterocycles. The maximum absolute atomic E-state index is 13.6. The van der Waals surface area contributed by atoms with E-state index in [9.17, 15) is 29.4 Å². The predicted octanol–water partition coefficient (Wildman–Crippen LogP) is 0.790. The van der Waals surface area contributed by atoms with Gasteiger partial charge in [0.1, 0.15) is 23.7 Å². The molecule has 1 aromatic rings. The highest BCUT2D eigenvalue weighted by atomic mass is 16.3. The molecule has 210 valence electrons. The number of unbranched alkanes of at least 4 members (excludes halogenated alkanes) is 2. The first-order valence-electron chi connectivity index (χ1n) is 13.6. The van der Waals surface area contributed by atoms with Gasteiger partial charge in [-0.15, -0.1) is 0 Å². The van der Waals surface area contributed by atoms with Gasteiger partial charge in [0.05, 0.1) is 12.2 Å². The molecule has 2 saturated heterocycles. The van der Waals surface area contributed by atoms with Crippen molar-refractivity contribution in [3.8, 4) is 0 Å². The minimum atomic E-state index is -1.32. The van der Waals surface area contributed by atoms with E-state index < -0.39 is 47.7 Å². The van der Waals surface area contributed by atoms with Crippen LogP contribution in [0.25, 0.3) is 0 Å². The van der Waals surface area contributed by atoms with Gasteiger partial charge in [-0.2, -0.15) is 0 Å². The van der Waals surface area contributed by atoms with Crippen LogP contribution in [-0.4, -0.2) is 81.2 Å². The molecule has 5 atom stereocenters. The van der Waals surface area contributed by atoms with Gasteiger partial charge in [-0.1, -0.05) is 49.6 Å². The lowest BCUT2D eigenvalue weighted by atomic mass is 9.98. The van der Waals surface area contributed by atoms with Crippen LogP contribution in [0.5, 0.6) is 0 Å². The van der Waals surface area contributed by atoms with Crippen LogP contribution < -0.4 is 16.0 Å². The van der Waals surface area contributed by atoms with Crippen LogP contribution in [-0.2, 0) is 25.6 Å². The summed E-state index contributed by atoms with van der Waals surface area (Å²) < 4.78 is 0. The van der Waals surface area contributed by atoms with E-state index in [1.807, 2.05) is 30.3 Å². The molecule has 0 spiro atoms. The van der Waals surface area contributed by atoms with E-state index >= 15 is 0 Å². The third kappa shape index (κ3) is 7.77. The molecule has 5 N–H and O–H groups in total. The van der Waals surface area contributed by atoms with E-state index in [0.29, 0.717) is 51.5 Å². The lowest BCUT2D eigenvalue weighted by Gasteiger charge is -2.34. The molecule has 10 nitrogen and oxygen atoms in total. The zero-order valence-corrected chi connectivity index (χ0v) is 22.6. The minimum Gasteiger partial charge on any atom is -0.391 e. The first kappa shape index (κ1) is 29.6. The number of hydrogen-bond acceptors (Lipinski definition) is 6. The molecular weight excluding hydrogens is 488 g/mol. The molecular formula is C28H42N4O6. The Bertz CT molecular complexity index is 983. The number of rotatable bonds is 9. The Hall–Kier alpha value is -2.98. The van der Waals surface area contributed by atoms with E-state index in [0.717, 1.165) is 5.56 Å². The fourth-order valence-corrected chi connectivity index (χ4v) is 5.00. The second-order valence-electron chi connectivity index (χ2n) is 11.0. The van der Waals surface area contributed by atoms with Gasteiger partial charge in [-0.25, -0.2) is 0 Å². The zero-order chi connectivity index (χ0) is 27.9. The fourth-order valence-electron chi connectivity index (χ4n) is 5.00. The number of aliphatic hydroxyl groups excluding tert-OH is 2. The Labute approximate surface area is 224 Å². The fraction of sp³-hybridized carbons (Fsp3) is 0.643.